The molecule has 178 valence electrons. The van der Waals surface area contributed by atoms with E-state index in [2.05, 4.69) is 53.4 Å². The number of nitrogens with zero attached hydrogens (tertiary/aromatic N) is 1. The molecule has 34 heavy (non-hydrogen) atoms. The van der Waals surface area contributed by atoms with Gasteiger partial charge in [-0.25, -0.2) is 9.18 Å². The highest BCUT2D eigenvalue weighted by Crippen LogP contribution is 2.41. The molecule has 1 fully saturated rings. The largest absolute Gasteiger partial charge is 0.491 e. The second-order valence-electron chi connectivity index (χ2n) is 9.83. The van der Waals surface area contributed by atoms with Gasteiger partial charge in [0.15, 0.2) is 0 Å². The molecule has 1 aliphatic rings. The third-order valence-corrected chi connectivity index (χ3v) is 6.48. The number of benzene rings is 3. The highest BCUT2D eigenvalue weighted by Gasteiger charge is 2.36. The summed E-state index contributed by atoms with van der Waals surface area (Å²) in [6.07, 6.45) is 0. The molecule has 1 heterocycles. The van der Waals surface area contributed by atoms with Crippen LogP contribution in [0.3, 0.4) is 0 Å². The first-order valence-electron chi connectivity index (χ1n) is 11.4. The number of rotatable bonds is 7. The number of carboxylic acids is 1. The Kier molecular flexibility index (Phi) is 6.96. The number of halogens is 2. The minimum absolute atomic E-state index is 0.117. The Hall–Kier alpha value is -2.89. The average Bonchev–Trinajstić information content (AvgIpc) is 2.77. The predicted molar refractivity (Wildman–Crippen MR) is 132 cm³/mol. The zero-order valence-electron chi connectivity index (χ0n) is 19.6. The molecule has 3 aromatic carbocycles. The van der Waals surface area contributed by atoms with Crippen molar-refractivity contribution in [2.24, 2.45) is 5.92 Å². The van der Waals surface area contributed by atoms with E-state index in [0.717, 1.165) is 19.2 Å². The van der Waals surface area contributed by atoms with E-state index in [9.17, 15) is 9.90 Å². The molecule has 0 unspecified atom stereocenters. The van der Waals surface area contributed by atoms with Crippen LogP contribution in [0.2, 0.25) is 5.02 Å². The third-order valence-electron chi connectivity index (χ3n) is 6.20. The lowest BCUT2D eigenvalue weighted by atomic mass is 9.84. The van der Waals surface area contributed by atoms with E-state index in [4.69, 9.17) is 16.3 Å². The van der Waals surface area contributed by atoms with Crippen molar-refractivity contribution in [3.05, 3.63) is 99.8 Å². The fourth-order valence-corrected chi connectivity index (χ4v) is 4.85. The number of ether oxygens (including phenoxy) is 1. The Bertz CT molecular complexity index is 1120. The maximum absolute atomic E-state index is 15.1. The van der Waals surface area contributed by atoms with Crippen LogP contribution in [0.4, 0.5) is 4.39 Å². The zero-order valence-corrected chi connectivity index (χ0v) is 20.3. The molecule has 4 rings (SSSR count). The summed E-state index contributed by atoms with van der Waals surface area (Å²) in [6.45, 7) is 7.47. The molecule has 0 saturated carbocycles. The number of likely N-dealkylation sites (tertiary alicyclic amines) is 1. The maximum atomic E-state index is 15.1. The maximum Gasteiger partial charge on any atom is 0.338 e. The van der Waals surface area contributed by atoms with Gasteiger partial charge in [0.1, 0.15) is 11.6 Å². The van der Waals surface area contributed by atoms with Crippen molar-refractivity contribution in [3.8, 4) is 5.75 Å². The van der Waals surface area contributed by atoms with Gasteiger partial charge in [0.25, 0.3) is 0 Å². The van der Waals surface area contributed by atoms with Crippen LogP contribution in [0.25, 0.3) is 0 Å². The van der Waals surface area contributed by atoms with E-state index in [1.807, 2.05) is 32.9 Å². The molecule has 4 nitrogen and oxygen atoms in total. The minimum atomic E-state index is -1.35. The fourth-order valence-electron chi connectivity index (χ4n) is 4.59. The summed E-state index contributed by atoms with van der Waals surface area (Å²) in [5.74, 6) is -1.65. The number of carbonyl (C=O) groups is 1. The van der Waals surface area contributed by atoms with E-state index in [1.165, 1.54) is 11.1 Å². The van der Waals surface area contributed by atoms with Crippen LogP contribution >= 0.6 is 11.6 Å². The van der Waals surface area contributed by atoms with E-state index in [1.54, 1.807) is 0 Å². The Morgan fingerprint density at radius 2 is 1.62 bits per heavy atom. The third kappa shape index (κ3) is 4.96. The Morgan fingerprint density at radius 1 is 1.09 bits per heavy atom. The van der Waals surface area contributed by atoms with Crippen LogP contribution in [0.1, 0.15) is 53.9 Å². The summed E-state index contributed by atoms with van der Waals surface area (Å²) in [6, 6.07) is 22.1. The Balaban J connectivity index is 1.51. The molecular weight excluding hydrogens is 453 g/mol. The summed E-state index contributed by atoms with van der Waals surface area (Å²) in [7, 11) is 0. The quantitative estimate of drug-likeness (QED) is 0.414. The standard InChI is InChI=1S/C28H29ClFNO3/c1-28(2,3)23-24(30)21(27(32)33)14-22(29)26(23)34-17-18-15-31(16-18)25(19-10-6-4-7-11-19)20-12-8-5-9-13-20/h4-14,18,25H,15-17H2,1-3H3,(H,32,33). The zero-order chi connectivity index (χ0) is 24.5. The lowest BCUT2D eigenvalue weighted by Gasteiger charge is -2.44. The van der Waals surface area contributed by atoms with E-state index >= 15 is 4.39 Å². The molecule has 0 atom stereocenters. The predicted octanol–water partition coefficient (Wildman–Crippen LogP) is 6.58. The van der Waals surface area contributed by atoms with Gasteiger partial charge in [-0.3, -0.25) is 4.90 Å². The van der Waals surface area contributed by atoms with E-state index in [-0.39, 0.29) is 28.3 Å². The van der Waals surface area contributed by atoms with Crippen LogP contribution in [0, 0.1) is 11.7 Å². The molecule has 0 aliphatic carbocycles. The molecule has 1 saturated heterocycles. The van der Waals surface area contributed by atoms with Gasteiger partial charge in [0.2, 0.25) is 0 Å². The SMILES string of the molecule is CC(C)(C)c1c(F)c(C(=O)O)cc(Cl)c1OCC1CN(C(c2ccccc2)c2ccccc2)C1. The molecule has 0 bridgehead atoms. The van der Waals surface area contributed by atoms with Gasteiger partial charge < -0.3 is 9.84 Å². The Labute approximate surface area is 204 Å². The molecule has 0 amide bonds. The van der Waals surface area contributed by atoms with E-state index < -0.39 is 22.8 Å². The van der Waals surface area contributed by atoms with E-state index in [0.29, 0.717) is 6.61 Å². The van der Waals surface area contributed by atoms with Gasteiger partial charge in [-0.2, -0.15) is 0 Å². The van der Waals surface area contributed by atoms with Gasteiger partial charge in [0, 0.05) is 24.6 Å². The lowest BCUT2D eigenvalue weighted by Crippen LogP contribution is -2.51. The molecule has 6 heteroatoms. The minimum Gasteiger partial charge on any atom is -0.491 e. The Morgan fingerprint density at radius 3 is 2.09 bits per heavy atom. The van der Waals surface area contributed by atoms with Crippen molar-refractivity contribution in [1.82, 2.24) is 4.90 Å². The normalized spacial score (nSPS) is 14.8. The molecular formula is C28H29ClFNO3. The average molecular weight is 482 g/mol. The van der Waals surface area contributed by atoms with Crippen molar-refractivity contribution in [2.75, 3.05) is 19.7 Å². The van der Waals surface area contributed by atoms with Crippen molar-refractivity contribution >= 4 is 17.6 Å². The molecule has 0 spiro atoms. The second-order valence-corrected chi connectivity index (χ2v) is 10.2. The van der Waals surface area contributed by atoms with Crippen molar-refractivity contribution < 1.29 is 19.0 Å². The van der Waals surface area contributed by atoms with Crippen LogP contribution in [-0.2, 0) is 5.41 Å². The molecule has 1 N–H and O–H groups in total. The first-order valence-corrected chi connectivity index (χ1v) is 11.8. The summed E-state index contributed by atoms with van der Waals surface area (Å²) in [4.78, 5) is 13.9. The number of hydrogen-bond donors (Lipinski definition) is 1. The second kappa shape index (κ2) is 9.77. The van der Waals surface area contributed by atoms with Gasteiger partial charge in [-0.1, -0.05) is 93.0 Å². The molecule has 0 aromatic heterocycles. The summed E-state index contributed by atoms with van der Waals surface area (Å²) >= 11 is 6.38. The molecule has 3 aromatic rings. The first-order chi connectivity index (χ1) is 16.2. The molecule has 1 aliphatic heterocycles. The number of carboxylic acid groups (broad SMARTS) is 1. The topological polar surface area (TPSA) is 49.8 Å². The van der Waals surface area contributed by atoms with Crippen LogP contribution < -0.4 is 4.74 Å². The van der Waals surface area contributed by atoms with Crippen molar-refractivity contribution in [2.45, 2.75) is 32.2 Å². The van der Waals surface area contributed by atoms with Gasteiger partial charge in [-0.05, 0) is 22.6 Å². The van der Waals surface area contributed by atoms with Gasteiger partial charge in [0.05, 0.1) is 23.2 Å². The van der Waals surface area contributed by atoms with Gasteiger partial charge >= 0.3 is 5.97 Å². The lowest BCUT2D eigenvalue weighted by molar-refractivity contribution is 0.0373. The summed E-state index contributed by atoms with van der Waals surface area (Å²) < 4.78 is 21.2. The van der Waals surface area contributed by atoms with Crippen molar-refractivity contribution in [1.29, 1.82) is 0 Å². The van der Waals surface area contributed by atoms with Crippen LogP contribution in [0.15, 0.2) is 66.7 Å². The highest BCUT2D eigenvalue weighted by atomic mass is 35.5. The summed E-state index contributed by atoms with van der Waals surface area (Å²) in [5.41, 5.74) is 1.55. The van der Waals surface area contributed by atoms with Crippen LogP contribution in [0.5, 0.6) is 5.75 Å². The highest BCUT2D eigenvalue weighted by molar-refractivity contribution is 6.32. The number of aromatic carboxylic acids is 1. The summed E-state index contributed by atoms with van der Waals surface area (Å²) in [5, 5.41) is 9.48. The van der Waals surface area contributed by atoms with Gasteiger partial charge in [-0.15, -0.1) is 0 Å². The smallest absolute Gasteiger partial charge is 0.338 e. The monoisotopic (exact) mass is 481 g/mol. The number of hydrogen-bond acceptors (Lipinski definition) is 3. The molecule has 0 radical (unpaired) electrons. The van der Waals surface area contributed by atoms with Crippen molar-refractivity contribution in [3.63, 3.8) is 0 Å². The fraction of sp³-hybridized carbons (Fsp3) is 0.321. The first kappa shape index (κ1) is 24.2. The van der Waals surface area contributed by atoms with Crippen LogP contribution in [-0.4, -0.2) is 35.7 Å².